The van der Waals surface area contributed by atoms with Crippen molar-refractivity contribution in [2.45, 2.75) is 10.6 Å². The van der Waals surface area contributed by atoms with Crippen LogP contribution in [0.3, 0.4) is 0 Å². The van der Waals surface area contributed by atoms with E-state index in [1.807, 2.05) is 30.3 Å². The van der Waals surface area contributed by atoms with Gasteiger partial charge in [0.05, 0.1) is 10.6 Å². The fourth-order valence-electron chi connectivity index (χ4n) is 2.31. The van der Waals surface area contributed by atoms with Crippen molar-refractivity contribution in [2.24, 2.45) is 0 Å². The van der Waals surface area contributed by atoms with Crippen LogP contribution in [0.4, 0.5) is 5.69 Å². The minimum absolute atomic E-state index is 0.0853. The SMILES string of the molecule is Nc1ccccc1CS(=O)(=O)c1ccc2ccccc2c1. The molecule has 0 heterocycles. The largest absolute Gasteiger partial charge is 0.398 e. The predicted octanol–water partition coefficient (Wildman–Crippen LogP) is 3.40. The molecule has 106 valence electrons. The maximum Gasteiger partial charge on any atom is 0.182 e. The summed E-state index contributed by atoms with van der Waals surface area (Å²) >= 11 is 0. The van der Waals surface area contributed by atoms with Crippen molar-refractivity contribution in [2.75, 3.05) is 5.73 Å². The number of nitrogen functional groups attached to an aromatic ring is 1. The van der Waals surface area contributed by atoms with Gasteiger partial charge in [-0.2, -0.15) is 0 Å². The van der Waals surface area contributed by atoms with Gasteiger partial charge in [0, 0.05) is 5.69 Å². The Morgan fingerprint density at radius 2 is 1.48 bits per heavy atom. The van der Waals surface area contributed by atoms with E-state index in [2.05, 4.69) is 0 Å². The zero-order valence-electron chi connectivity index (χ0n) is 11.4. The topological polar surface area (TPSA) is 60.2 Å². The third kappa shape index (κ3) is 2.76. The van der Waals surface area contributed by atoms with Gasteiger partial charge in [0.2, 0.25) is 0 Å². The first-order chi connectivity index (χ1) is 10.1. The molecular weight excluding hydrogens is 282 g/mol. The summed E-state index contributed by atoms with van der Waals surface area (Å²) in [6.45, 7) is 0. The Kier molecular flexibility index (Phi) is 3.39. The fourth-order valence-corrected chi connectivity index (χ4v) is 3.74. The third-order valence-electron chi connectivity index (χ3n) is 3.48. The number of sulfone groups is 1. The van der Waals surface area contributed by atoms with Crippen LogP contribution in [0.2, 0.25) is 0 Å². The zero-order valence-corrected chi connectivity index (χ0v) is 12.2. The van der Waals surface area contributed by atoms with E-state index in [9.17, 15) is 8.42 Å². The molecule has 0 radical (unpaired) electrons. The van der Waals surface area contributed by atoms with E-state index in [0.717, 1.165) is 10.8 Å². The summed E-state index contributed by atoms with van der Waals surface area (Å²) < 4.78 is 25.1. The molecule has 3 nitrogen and oxygen atoms in total. The van der Waals surface area contributed by atoms with Crippen molar-refractivity contribution in [1.29, 1.82) is 0 Å². The fraction of sp³-hybridized carbons (Fsp3) is 0.0588. The van der Waals surface area contributed by atoms with Crippen LogP contribution >= 0.6 is 0 Å². The molecule has 0 aliphatic carbocycles. The van der Waals surface area contributed by atoms with Crippen molar-refractivity contribution in [3.63, 3.8) is 0 Å². The highest BCUT2D eigenvalue weighted by Gasteiger charge is 2.17. The van der Waals surface area contributed by atoms with Crippen LogP contribution in [0.1, 0.15) is 5.56 Å². The second kappa shape index (κ2) is 5.22. The average molecular weight is 297 g/mol. The molecule has 0 spiro atoms. The highest BCUT2D eigenvalue weighted by molar-refractivity contribution is 7.90. The first kappa shape index (κ1) is 13.6. The Hall–Kier alpha value is -2.33. The molecule has 0 saturated carbocycles. The Balaban J connectivity index is 2.02. The molecule has 0 unspecified atom stereocenters. The molecule has 0 amide bonds. The molecule has 0 aromatic heterocycles. The van der Waals surface area contributed by atoms with Crippen molar-refractivity contribution in [1.82, 2.24) is 0 Å². The van der Waals surface area contributed by atoms with Gasteiger partial charge in [-0.25, -0.2) is 8.42 Å². The number of hydrogen-bond donors (Lipinski definition) is 1. The average Bonchev–Trinajstić information content (AvgIpc) is 2.49. The first-order valence-corrected chi connectivity index (χ1v) is 8.26. The maximum absolute atomic E-state index is 12.5. The van der Waals surface area contributed by atoms with Gasteiger partial charge in [0.25, 0.3) is 0 Å². The van der Waals surface area contributed by atoms with E-state index < -0.39 is 9.84 Å². The summed E-state index contributed by atoms with van der Waals surface area (Å²) in [7, 11) is -3.41. The van der Waals surface area contributed by atoms with Crippen LogP contribution in [-0.2, 0) is 15.6 Å². The van der Waals surface area contributed by atoms with Crippen LogP contribution in [0.15, 0.2) is 71.6 Å². The van der Waals surface area contributed by atoms with E-state index in [1.54, 1.807) is 36.4 Å². The van der Waals surface area contributed by atoms with E-state index in [-0.39, 0.29) is 5.75 Å². The lowest BCUT2D eigenvalue weighted by Crippen LogP contribution is -2.06. The van der Waals surface area contributed by atoms with Gasteiger partial charge in [-0.1, -0.05) is 48.5 Å². The van der Waals surface area contributed by atoms with E-state index in [0.29, 0.717) is 16.1 Å². The molecule has 0 fully saturated rings. The van der Waals surface area contributed by atoms with Crippen molar-refractivity contribution in [3.8, 4) is 0 Å². The van der Waals surface area contributed by atoms with Crippen molar-refractivity contribution in [3.05, 3.63) is 72.3 Å². The number of nitrogens with two attached hydrogens (primary N) is 1. The third-order valence-corrected chi connectivity index (χ3v) is 5.14. The minimum Gasteiger partial charge on any atom is -0.398 e. The lowest BCUT2D eigenvalue weighted by molar-refractivity contribution is 0.595. The van der Waals surface area contributed by atoms with E-state index in [1.165, 1.54) is 0 Å². The molecule has 3 aromatic rings. The number of fused-ring (bicyclic) bond motifs is 1. The molecule has 0 aliphatic rings. The Bertz CT molecular complexity index is 901. The lowest BCUT2D eigenvalue weighted by Gasteiger charge is -2.08. The normalized spacial score (nSPS) is 11.6. The molecule has 2 N–H and O–H groups in total. The van der Waals surface area contributed by atoms with Gasteiger partial charge in [-0.15, -0.1) is 0 Å². The number of rotatable bonds is 3. The zero-order chi connectivity index (χ0) is 14.9. The van der Waals surface area contributed by atoms with Gasteiger partial charge in [-0.3, -0.25) is 0 Å². The van der Waals surface area contributed by atoms with Crippen LogP contribution in [-0.4, -0.2) is 8.42 Å². The molecule has 3 rings (SSSR count). The second-order valence-electron chi connectivity index (χ2n) is 4.97. The van der Waals surface area contributed by atoms with Crippen LogP contribution in [0, 0.1) is 0 Å². The van der Waals surface area contributed by atoms with Crippen LogP contribution < -0.4 is 5.73 Å². The molecule has 21 heavy (non-hydrogen) atoms. The summed E-state index contributed by atoms with van der Waals surface area (Å²) in [6.07, 6.45) is 0. The highest BCUT2D eigenvalue weighted by atomic mass is 32.2. The molecule has 0 aliphatic heterocycles. The van der Waals surface area contributed by atoms with Crippen LogP contribution in [0.25, 0.3) is 10.8 Å². The number of para-hydroxylation sites is 1. The second-order valence-corrected chi connectivity index (χ2v) is 6.96. The van der Waals surface area contributed by atoms with E-state index in [4.69, 9.17) is 5.73 Å². The molecule has 0 saturated heterocycles. The summed E-state index contributed by atoms with van der Waals surface area (Å²) in [5.41, 5.74) is 6.96. The number of benzene rings is 3. The smallest absolute Gasteiger partial charge is 0.182 e. The standard InChI is InChI=1S/C17H15NO2S/c18-17-8-4-3-7-15(17)12-21(19,20)16-10-9-13-5-1-2-6-14(13)11-16/h1-11H,12,18H2. The van der Waals surface area contributed by atoms with E-state index >= 15 is 0 Å². The summed E-state index contributed by atoms with van der Waals surface area (Å²) in [6, 6.07) is 19.9. The summed E-state index contributed by atoms with van der Waals surface area (Å²) in [5.74, 6) is -0.0853. The van der Waals surface area contributed by atoms with Gasteiger partial charge < -0.3 is 5.73 Å². The lowest BCUT2D eigenvalue weighted by atomic mass is 10.1. The molecule has 4 heteroatoms. The van der Waals surface area contributed by atoms with Crippen LogP contribution in [0.5, 0.6) is 0 Å². The van der Waals surface area contributed by atoms with Gasteiger partial charge in [-0.05, 0) is 34.5 Å². The molecule has 3 aromatic carbocycles. The van der Waals surface area contributed by atoms with Gasteiger partial charge in [0.15, 0.2) is 9.84 Å². The van der Waals surface area contributed by atoms with Crippen molar-refractivity contribution < 1.29 is 8.42 Å². The predicted molar refractivity (Wildman–Crippen MR) is 85.7 cm³/mol. The first-order valence-electron chi connectivity index (χ1n) is 6.61. The molecule has 0 bridgehead atoms. The quantitative estimate of drug-likeness (QED) is 0.754. The monoisotopic (exact) mass is 297 g/mol. The van der Waals surface area contributed by atoms with Gasteiger partial charge in [0.1, 0.15) is 0 Å². The molecule has 0 atom stereocenters. The number of hydrogen-bond acceptors (Lipinski definition) is 3. The maximum atomic E-state index is 12.5. The Morgan fingerprint density at radius 3 is 2.24 bits per heavy atom. The Labute approximate surface area is 124 Å². The summed E-state index contributed by atoms with van der Waals surface area (Å²) in [4.78, 5) is 0.324. The highest BCUT2D eigenvalue weighted by Crippen LogP contribution is 2.23. The minimum atomic E-state index is -3.41. The number of anilines is 1. The Morgan fingerprint density at radius 1 is 0.810 bits per heavy atom. The van der Waals surface area contributed by atoms with Gasteiger partial charge >= 0.3 is 0 Å². The van der Waals surface area contributed by atoms with Crippen molar-refractivity contribution >= 4 is 26.3 Å². The molecular formula is C17H15NO2S. The summed E-state index contributed by atoms with van der Waals surface area (Å²) in [5, 5.41) is 1.94.